The molecule has 2 unspecified atom stereocenters. The van der Waals surface area contributed by atoms with E-state index in [2.05, 4.69) is 31.8 Å². The predicted molar refractivity (Wildman–Crippen MR) is 158 cm³/mol. The number of carbonyl (C=O) groups is 2. The van der Waals surface area contributed by atoms with Gasteiger partial charge in [0.15, 0.2) is 11.6 Å². The number of allylic oxidation sites excluding steroid dienone is 1. The van der Waals surface area contributed by atoms with Gasteiger partial charge in [0.1, 0.15) is 33.5 Å². The van der Waals surface area contributed by atoms with Gasteiger partial charge in [0.25, 0.3) is 0 Å². The molecular formula is C30H41N7O3. The van der Waals surface area contributed by atoms with Crippen molar-refractivity contribution < 1.29 is 14.3 Å². The number of unbranched alkanes of at least 4 members (excludes halogenated alkanes) is 1. The molecule has 0 fully saturated rings. The number of hydrogen-bond acceptors (Lipinski definition) is 8. The van der Waals surface area contributed by atoms with E-state index in [1.807, 2.05) is 32.1 Å². The highest BCUT2D eigenvalue weighted by Crippen LogP contribution is 2.32. The molecule has 0 bridgehead atoms. The monoisotopic (exact) mass is 547 g/mol. The summed E-state index contributed by atoms with van der Waals surface area (Å²) in [6.07, 6.45) is 9.97. The van der Waals surface area contributed by atoms with Crippen LogP contribution in [0.5, 0.6) is 0 Å². The summed E-state index contributed by atoms with van der Waals surface area (Å²) >= 11 is 0. The Morgan fingerprint density at radius 3 is 2.62 bits per heavy atom. The number of ketones is 1. The smallest absolute Gasteiger partial charge is 0.408 e. The number of anilines is 1. The second-order valence-corrected chi connectivity index (χ2v) is 11.9. The zero-order valence-electron chi connectivity index (χ0n) is 24.4. The van der Waals surface area contributed by atoms with Crippen LogP contribution in [0.1, 0.15) is 73.1 Å². The molecule has 1 aliphatic rings. The number of aliphatic imine (C=N–C) groups is 1. The van der Waals surface area contributed by atoms with Gasteiger partial charge in [-0.05, 0) is 63.8 Å². The molecule has 0 radical (unpaired) electrons. The van der Waals surface area contributed by atoms with Crippen LogP contribution in [0.3, 0.4) is 0 Å². The SMILES string of the molecule is CCCCc1nc2c(N)nc3cccnc3c2n1CCC1(C(=O)C(CC(C)C)NC(=O)OC(C)(C)C)C=CC=N1. The highest BCUT2D eigenvalue weighted by Gasteiger charge is 2.42. The van der Waals surface area contributed by atoms with E-state index in [1.54, 1.807) is 39.3 Å². The van der Waals surface area contributed by atoms with E-state index in [9.17, 15) is 9.59 Å². The number of alkyl carbamates (subject to hydrolysis) is 1. The van der Waals surface area contributed by atoms with Gasteiger partial charge >= 0.3 is 6.09 Å². The van der Waals surface area contributed by atoms with Crippen molar-refractivity contribution in [3.05, 3.63) is 36.3 Å². The van der Waals surface area contributed by atoms with E-state index in [0.29, 0.717) is 36.2 Å². The van der Waals surface area contributed by atoms with E-state index in [0.717, 1.165) is 36.1 Å². The molecule has 214 valence electrons. The third-order valence-corrected chi connectivity index (χ3v) is 6.92. The molecule has 10 heteroatoms. The number of aryl methyl sites for hydroxylation is 2. The lowest BCUT2D eigenvalue weighted by Crippen LogP contribution is -2.51. The Kier molecular flexibility index (Phi) is 8.56. The van der Waals surface area contributed by atoms with Crippen LogP contribution in [0, 0.1) is 5.92 Å². The van der Waals surface area contributed by atoms with Gasteiger partial charge in [-0.15, -0.1) is 0 Å². The van der Waals surface area contributed by atoms with Crippen LogP contribution in [-0.4, -0.2) is 54.8 Å². The van der Waals surface area contributed by atoms with Crippen molar-refractivity contribution in [3.8, 4) is 0 Å². The molecule has 4 heterocycles. The van der Waals surface area contributed by atoms with Gasteiger partial charge in [0.05, 0.1) is 11.6 Å². The van der Waals surface area contributed by atoms with Crippen molar-refractivity contribution in [1.82, 2.24) is 24.8 Å². The van der Waals surface area contributed by atoms with E-state index in [1.165, 1.54) is 0 Å². The maximum absolute atomic E-state index is 14.1. The third kappa shape index (κ3) is 6.32. The number of nitrogen functional groups attached to an aromatic ring is 1. The molecule has 3 N–H and O–H groups in total. The van der Waals surface area contributed by atoms with Gasteiger partial charge < -0.3 is 20.4 Å². The van der Waals surface area contributed by atoms with Crippen LogP contribution in [0.25, 0.3) is 22.1 Å². The van der Waals surface area contributed by atoms with Crippen LogP contribution in [0.15, 0.2) is 35.5 Å². The zero-order valence-corrected chi connectivity index (χ0v) is 24.4. The Labute approximate surface area is 235 Å². The fourth-order valence-electron chi connectivity index (χ4n) is 5.11. The number of pyridine rings is 2. The first-order chi connectivity index (χ1) is 18.9. The van der Waals surface area contributed by atoms with E-state index in [-0.39, 0.29) is 11.7 Å². The lowest BCUT2D eigenvalue weighted by atomic mass is 9.84. The summed E-state index contributed by atoms with van der Waals surface area (Å²) in [4.78, 5) is 45.5. The van der Waals surface area contributed by atoms with Gasteiger partial charge in [-0.1, -0.05) is 27.2 Å². The number of nitrogens with zero attached hydrogens (tertiary/aromatic N) is 5. The number of imidazole rings is 1. The van der Waals surface area contributed by atoms with Crippen molar-refractivity contribution in [1.29, 1.82) is 0 Å². The van der Waals surface area contributed by atoms with Crippen molar-refractivity contribution in [2.24, 2.45) is 10.9 Å². The van der Waals surface area contributed by atoms with Crippen LogP contribution < -0.4 is 11.1 Å². The van der Waals surface area contributed by atoms with Gasteiger partial charge in [-0.25, -0.2) is 14.8 Å². The van der Waals surface area contributed by atoms with Crippen molar-refractivity contribution in [3.63, 3.8) is 0 Å². The quantitative estimate of drug-likeness (QED) is 0.337. The first-order valence-corrected chi connectivity index (χ1v) is 14.1. The summed E-state index contributed by atoms with van der Waals surface area (Å²) in [5.41, 5.74) is 7.38. The van der Waals surface area contributed by atoms with Crippen molar-refractivity contribution >= 4 is 46.0 Å². The van der Waals surface area contributed by atoms with Gasteiger partial charge in [0, 0.05) is 31.8 Å². The molecule has 0 aliphatic carbocycles. The molecule has 10 nitrogen and oxygen atoms in total. The Hall–Kier alpha value is -3.82. The minimum Gasteiger partial charge on any atom is -0.444 e. The summed E-state index contributed by atoms with van der Waals surface area (Å²) in [7, 11) is 0. The van der Waals surface area contributed by atoms with Crippen molar-refractivity contribution in [2.45, 2.75) is 97.4 Å². The van der Waals surface area contributed by atoms with Crippen LogP contribution >= 0.6 is 0 Å². The van der Waals surface area contributed by atoms with E-state index in [4.69, 9.17) is 15.5 Å². The fourth-order valence-corrected chi connectivity index (χ4v) is 5.11. The molecule has 3 aromatic heterocycles. The van der Waals surface area contributed by atoms with Crippen LogP contribution in [0.4, 0.5) is 10.6 Å². The molecule has 0 aromatic carbocycles. The topological polar surface area (TPSA) is 137 Å². The van der Waals surface area contributed by atoms with Gasteiger partial charge in [0.2, 0.25) is 0 Å². The Bertz CT molecular complexity index is 1440. The molecule has 4 rings (SSSR count). The van der Waals surface area contributed by atoms with Crippen LogP contribution in [0.2, 0.25) is 0 Å². The number of nitrogens with two attached hydrogens (primary N) is 1. The van der Waals surface area contributed by atoms with E-state index < -0.39 is 23.3 Å². The Balaban J connectivity index is 1.71. The second-order valence-electron chi connectivity index (χ2n) is 11.9. The number of ether oxygens (including phenoxy) is 1. The summed E-state index contributed by atoms with van der Waals surface area (Å²) in [5, 5.41) is 2.83. The average molecular weight is 548 g/mol. The standard InChI is InChI=1S/C30H41N7O3/c1-7-8-12-22-36-24-25(23-20(34-27(24)31)11-9-15-32-23)37(22)17-14-30(13-10-16-33-30)26(38)21(18-19(2)3)35-28(39)40-29(4,5)6/h9-11,13,15-16,19,21H,7-8,12,14,17-18H2,1-6H3,(H2,31,34)(H,35,39). The number of hydrogen-bond donors (Lipinski definition) is 2. The number of amides is 1. The van der Waals surface area contributed by atoms with Gasteiger partial charge in [-0.3, -0.25) is 14.8 Å². The molecular weight excluding hydrogens is 506 g/mol. The maximum Gasteiger partial charge on any atom is 0.408 e. The molecule has 40 heavy (non-hydrogen) atoms. The molecule has 0 spiro atoms. The minimum absolute atomic E-state index is 0.166. The summed E-state index contributed by atoms with van der Waals surface area (Å²) < 4.78 is 7.59. The second kappa shape index (κ2) is 11.7. The zero-order chi connectivity index (χ0) is 29.1. The highest BCUT2D eigenvalue weighted by molar-refractivity contribution is 6.04. The van der Waals surface area contributed by atoms with E-state index >= 15 is 0 Å². The molecule has 1 aliphatic heterocycles. The third-order valence-electron chi connectivity index (χ3n) is 6.92. The molecule has 1 amide bonds. The number of aromatic nitrogens is 4. The molecule has 0 saturated heterocycles. The first-order valence-electron chi connectivity index (χ1n) is 14.1. The predicted octanol–water partition coefficient (Wildman–Crippen LogP) is 5.18. The average Bonchev–Trinajstić information content (AvgIpc) is 3.50. The largest absolute Gasteiger partial charge is 0.444 e. The van der Waals surface area contributed by atoms with Crippen molar-refractivity contribution in [2.75, 3.05) is 5.73 Å². The minimum atomic E-state index is -1.13. The first kappa shape index (κ1) is 29.2. The Morgan fingerprint density at radius 2 is 1.98 bits per heavy atom. The number of Topliss-reactive ketones (excluding diaryl/α,β-unsaturated/α-hetero) is 1. The fraction of sp³-hybridized carbons (Fsp3) is 0.533. The van der Waals surface area contributed by atoms with Crippen LogP contribution in [-0.2, 0) is 22.5 Å². The lowest BCUT2D eigenvalue weighted by molar-refractivity contribution is -0.125. The molecule has 3 aromatic rings. The normalized spacial score (nSPS) is 17.7. The number of carbonyl (C=O) groups excluding carboxylic acids is 2. The summed E-state index contributed by atoms with van der Waals surface area (Å²) in [6, 6.07) is 2.96. The van der Waals surface area contributed by atoms with Gasteiger partial charge in [-0.2, -0.15) is 0 Å². The Morgan fingerprint density at radius 1 is 1.20 bits per heavy atom. The lowest BCUT2D eigenvalue weighted by Gasteiger charge is -2.30. The highest BCUT2D eigenvalue weighted by atomic mass is 16.6. The molecule has 2 atom stereocenters. The summed E-state index contributed by atoms with van der Waals surface area (Å²) in [6.45, 7) is 12.0. The number of rotatable bonds is 11. The number of fused-ring (bicyclic) bond motifs is 3. The number of nitrogens with one attached hydrogen (secondary N) is 1. The molecule has 0 saturated carbocycles. The summed E-state index contributed by atoms with van der Waals surface area (Å²) in [5.74, 6) is 1.24. The maximum atomic E-state index is 14.1.